The van der Waals surface area contributed by atoms with Crippen molar-refractivity contribution in [1.29, 1.82) is 0 Å². The molecule has 0 bridgehead atoms. The lowest BCUT2D eigenvalue weighted by atomic mass is 10.1. The number of rotatable bonds is 6. The van der Waals surface area contributed by atoms with Crippen molar-refractivity contribution < 1.29 is 13.2 Å². The van der Waals surface area contributed by atoms with Gasteiger partial charge in [-0.15, -0.1) is 0 Å². The first-order valence-electron chi connectivity index (χ1n) is 10.1. The van der Waals surface area contributed by atoms with Crippen LogP contribution in [0, 0.1) is 0 Å². The van der Waals surface area contributed by atoms with E-state index in [4.69, 9.17) is 0 Å². The molecular formula is C24H22N4O4S. The van der Waals surface area contributed by atoms with Gasteiger partial charge in [-0.25, -0.2) is 17.4 Å². The highest BCUT2D eigenvalue weighted by molar-refractivity contribution is 7.89. The Morgan fingerprint density at radius 2 is 1.52 bits per heavy atom. The Bertz CT molecular complexity index is 1480. The molecular weight excluding hydrogens is 440 g/mol. The zero-order valence-corrected chi connectivity index (χ0v) is 18.9. The van der Waals surface area contributed by atoms with Gasteiger partial charge in [0.25, 0.3) is 11.5 Å². The molecule has 1 heterocycles. The van der Waals surface area contributed by atoms with Crippen molar-refractivity contribution in [3.8, 4) is 0 Å². The summed E-state index contributed by atoms with van der Waals surface area (Å²) in [6, 6.07) is 22.1. The minimum atomic E-state index is -3.57. The summed E-state index contributed by atoms with van der Waals surface area (Å²) in [5, 5.41) is 7.94. The minimum Gasteiger partial charge on any atom is -0.321 e. The molecule has 4 aromatic rings. The van der Waals surface area contributed by atoms with Gasteiger partial charge >= 0.3 is 0 Å². The third-order valence-corrected chi connectivity index (χ3v) is 6.98. The highest BCUT2D eigenvalue weighted by Crippen LogP contribution is 2.19. The second-order valence-electron chi connectivity index (χ2n) is 7.61. The molecule has 33 heavy (non-hydrogen) atoms. The normalized spacial score (nSPS) is 11.6. The Balaban J connectivity index is 1.69. The number of amides is 1. The zero-order valence-electron chi connectivity index (χ0n) is 18.1. The number of aromatic nitrogens is 2. The van der Waals surface area contributed by atoms with Crippen LogP contribution >= 0.6 is 0 Å². The van der Waals surface area contributed by atoms with Gasteiger partial charge in [-0.05, 0) is 35.9 Å². The molecule has 0 unspecified atom stereocenters. The molecule has 9 heteroatoms. The number of nitrogens with one attached hydrogen (secondary N) is 1. The van der Waals surface area contributed by atoms with Crippen LogP contribution in [0.4, 0.5) is 5.69 Å². The summed E-state index contributed by atoms with van der Waals surface area (Å²) in [7, 11) is -0.672. The fourth-order valence-corrected chi connectivity index (χ4v) is 4.28. The Morgan fingerprint density at radius 1 is 0.909 bits per heavy atom. The molecule has 0 aliphatic heterocycles. The molecule has 0 aliphatic rings. The summed E-state index contributed by atoms with van der Waals surface area (Å²) in [5.41, 5.74) is 1.10. The van der Waals surface area contributed by atoms with E-state index in [1.165, 1.54) is 43.0 Å². The summed E-state index contributed by atoms with van der Waals surface area (Å²) in [5.74, 6) is -0.503. The molecule has 8 nitrogen and oxygen atoms in total. The highest BCUT2D eigenvalue weighted by Gasteiger charge is 2.19. The van der Waals surface area contributed by atoms with E-state index in [0.717, 1.165) is 9.87 Å². The van der Waals surface area contributed by atoms with Crippen LogP contribution in [0.2, 0.25) is 0 Å². The van der Waals surface area contributed by atoms with E-state index in [-0.39, 0.29) is 22.7 Å². The molecule has 0 atom stereocenters. The molecule has 4 rings (SSSR count). The smallest absolute Gasteiger partial charge is 0.276 e. The second kappa shape index (κ2) is 8.97. The number of nitrogens with zero attached hydrogens (tertiary/aromatic N) is 3. The highest BCUT2D eigenvalue weighted by atomic mass is 32.2. The van der Waals surface area contributed by atoms with Gasteiger partial charge in [-0.1, -0.05) is 48.5 Å². The predicted octanol–water partition coefficient (Wildman–Crippen LogP) is 2.95. The van der Waals surface area contributed by atoms with Gasteiger partial charge < -0.3 is 5.32 Å². The first-order valence-corrected chi connectivity index (χ1v) is 11.6. The summed E-state index contributed by atoms with van der Waals surface area (Å²) >= 11 is 0. The fraction of sp³-hybridized carbons (Fsp3) is 0.125. The molecule has 3 aromatic carbocycles. The lowest BCUT2D eigenvalue weighted by Crippen LogP contribution is -2.28. The molecule has 1 amide bonds. The van der Waals surface area contributed by atoms with Crippen LogP contribution in [0.1, 0.15) is 16.1 Å². The summed E-state index contributed by atoms with van der Waals surface area (Å²) < 4.78 is 26.9. The van der Waals surface area contributed by atoms with Gasteiger partial charge in [0, 0.05) is 25.2 Å². The maximum Gasteiger partial charge on any atom is 0.276 e. The van der Waals surface area contributed by atoms with E-state index in [0.29, 0.717) is 16.5 Å². The van der Waals surface area contributed by atoms with Crippen molar-refractivity contribution in [1.82, 2.24) is 14.1 Å². The van der Waals surface area contributed by atoms with Gasteiger partial charge in [0.1, 0.15) is 0 Å². The van der Waals surface area contributed by atoms with Crippen LogP contribution in [-0.2, 0) is 16.6 Å². The van der Waals surface area contributed by atoms with E-state index in [1.54, 1.807) is 24.3 Å². The van der Waals surface area contributed by atoms with Crippen LogP contribution in [0.25, 0.3) is 10.8 Å². The number of carbonyl (C=O) groups is 1. The fourth-order valence-electron chi connectivity index (χ4n) is 3.38. The number of benzene rings is 3. The zero-order chi connectivity index (χ0) is 23.6. The summed E-state index contributed by atoms with van der Waals surface area (Å²) in [4.78, 5) is 26.2. The molecule has 0 spiro atoms. The van der Waals surface area contributed by atoms with Crippen molar-refractivity contribution >= 4 is 32.4 Å². The van der Waals surface area contributed by atoms with E-state index in [1.807, 2.05) is 30.3 Å². The molecule has 0 saturated heterocycles. The molecule has 168 valence electrons. The van der Waals surface area contributed by atoms with Gasteiger partial charge in [0.2, 0.25) is 10.0 Å². The van der Waals surface area contributed by atoms with Crippen LogP contribution < -0.4 is 10.9 Å². The van der Waals surface area contributed by atoms with E-state index in [2.05, 4.69) is 10.4 Å². The first kappa shape index (κ1) is 22.4. The van der Waals surface area contributed by atoms with Crippen LogP contribution in [0.5, 0.6) is 0 Å². The summed E-state index contributed by atoms with van der Waals surface area (Å²) in [6.45, 7) is 0.224. The minimum absolute atomic E-state index is 0.103. The Kier molecular flexibility index (Phi) is 6.08. The van der Waals surface area contributed by atoms with Crippen LogP contribution in [-0.4, -0.2) is 42.5 Å². The van der Waals surface area contributed by atoms with Crippen molar-refractivity contribution in [3.63, 3.8) is 0 Å². The third-order valence-electron chi connectivity index (χ3n) is 5.15. The van der Waals surface area contributed by atoms with Crippen LogP contribution in [0.15, 0.2) is 88.6 Å². The molecule has 0 saturated carbocycles. The van der Waals surface area contributed by atoms with Gasteiger partial charge in [-0.2, -0.15) is 5.10 Å². The van der Waals surface area contributed by atoms with E-state index >= 15 is 0 Å². The average Bonchev–Trinajstić information content (AvgIpc) is 2.82. The second-order valence-corrected chi connectivity index (χ2v) is 9.76. The molecule has 0 radical (unpaired) electrons. The van der Waals surface area contributed by atoms with Crippen molar-refractivity contribution in [2.75, 3.05) is 19.4 Å². The maximum absolute atomic E-state index is 13.1. The lowest BCUT2D eigenvalue weighted by molar-refractivity contribution is 0.102. The van der Waals surface area contributed by atoms with Crippen molar-refractivity contribution in [3.05, 3.63) is 100 Å². The number of hydrogen-bond acceptors (Lipinski definition) is 5. The number of sulfonamides is 1. The monoisotopic (exact) mass is 462 g/mol. The molecule has 1 N–H and O–H groups in total. The van der Waals surface area contributed by atoms with Crippen LogP contribution in [0.3, 0.4) is 0 Å². The maximum atomic E-state index is 13.1. The molecule has 0 aliphatic carbocycles. The van der Waals surface area contributed by atoms with Gasteiger partial charge in [-0.3, -0.25) is 9.59 Å². The summed E-state index contributed by atoms with van der Waals surface area (Å²) in [6.07, 6.45) is 0. The number of hydrogen-bond donors (Lipinski definition) is 1. The number of fused-ring (bicyclic) bond motifs is 1. The van der Waals surface area contributed by atoms with Crippen molar-refractivity contribution in [2.24, 2.45) is 0 Å². The van der Waals surface area contributed by atoms with E-state index in [9.17, 15) is 18.0 Å². The standard InChI is InChI=1S/C24H22N4O4S/c1-27(2)33(31,32)19-14-12-18(13-15-19)25-23(29)22-20-10-6-7-11-21(20)24(30)28(26-22)16-17-8-4-3-5-9-17/h3-15H,16H2,1-2H3,(H,25,29). The topological polar surface area (TPSA) is 101 Å². The Hall–Kier alpha value is -3.82. The number of anilines is 1. The number of carbonyl (C=O) groups excluding carboxylic acids is 1. The Labute approximate surface area is 191 Å². The third kappa shape index (κ3) is 4.55. The molecule has 0 fully saturated rings. The first-order chi connectivity index (χ1) is 15.8. The SMILES string of the molecule is CN(C)S(=O)(=O)c1ccc(NC(=O)c2nn(Cc3ccccc3)c(=O)c3ccccc23)cc1. The average molecular weight is 463 g/mol. The predicted molar refractivity (Wildman–Crippen MR) is 127 cm³/mol. The quantitative estimate of drug-likeness (QED) is 0.475. The van der Waals surface area contributed by atoms with E-state index < -0.39 is 15.9 Å². The van der Waals surface area contributed by atoms with Gasteiger partial charge in [0.15, 0.2) is 5.69 Å². The Morgan fingerprint density at radius 3 is 2.15 bits per heavy atom. The molecule has 1 aromatic heterocycles. The lowest BCUT2D eigenvalue weighted by Gasteiger charge is -2.13. The van der Waals surface area contributed by atoms with Gasteiger partial charge in [0.05, 0.1) is 16.8 Å². The largest absolute Gasteiger partial charge is 0.321 e. The van der Waals surface area contributed by atoms with Crippen molar-refractivity contribution in [2.45, 2.75) is 11.4 Å².